The molecule has 6 nitrogen and oxygen atoms in total. The van der Waals surface area contributed by atoms with Crippen LogP contribution in [0.5, 0.6) is 0 Å². The Hall–Kier alpha value is -2.67. The van der Waals surface area contributed by atoms with Gasteiger partial charge in [-0.15, -0.1) is 0 Å². The van der Waals surface area contributed by atoms with Crippen molar-refractivity contribution < 1.29 is 18.0 Å². The maximum absolute atomic E-state index is 12.4. The Bertz CT molecular complexity index is 943. The SMILES string of the molecule is Cc1ccc(S(=O)(=O)CC(=O)Nc2ccccc2C(=O)NC(C)(C)C)cc1. The van der Waals surface area contributed by atoms with Gasteiger partial charge < -0.3 is 10.6 Å². The third-order valence-electron chi connectivity index (χ3n) is 3.64. The molecule has 7 heteroatoms. The average Bonchev–Trinajstić information content (AvgIpc) is 2.53. The van der Waals surface area contributed by atoms with E-state index in [0.29, 0.717) is 0 Å². The molecule has 2 rings (SSSR count). The molecule has 2 aromatic rings. The maximum atomic E-state index is 12.4. The van der Waals surface area contributed by atoms with Crippen LogP contribution in [0.1, 0.15) is 36.7 Å². The quantitative estimate of drug-likeness (QED) is 0.824. The molecule has 0 saturated heterocycles. The van der Waals surface area contributed by atoms with Crippen molar-refractivity contribution in [1.29, 1.82) is 0 Å². The first-order valence-electron chi connectivity index (χ1n) is 8.49. The van der Waals surface area contributed by atoms with Crippen LogP contribution >= 0.6 is 0 Å². The molecule has 0 fully saturated rings. The van der Waals surface area contributed by atoms with Gasteiger partial charge in [0.15, 0.2) is 9.84 Å². The van der Waals surface area contributed by atoms with Crippen LogP contribution in [0.3, 0.4) is 0 Å². The van der Waals surface area contributed by atoms with Crippen molar-refractivity contribution in [3.05, 3.63) is 59.7 Å². The van der Waals surface area contributed by atoms with Crippen LogP contribution in [0.15, 0.2) is 53.4 Å². The summed E-state index contributed by atoms with van der Waals surface area (Å²) in [6.45, 7) is 7.39. The largest absolute Gasteiger partial charge is 0.347 e. The number of hydrogen-bond donors (Lipinski definition) is 2. The van der Waals surface area contributed by atoms with Crippen LogP contribution in [0.25, 0.3) is 0 Å². The van der Waals surface area contributed by atoms with Gasteiger partial charge in [-0.25, -0.2) is 8.42 Å². The molecule has 2 aromatic carbocycles. The highest BCUT2D eigenvalue weighted by molar-refractivity contribution is 7.92. The van der Waals surface area contributed by atoms with E-state index in [9.17, 15) is 18.0 Å². The summed E-state index contributed by atoms with van der Waals surface area (Å²) in [5.74, 6) is -1.75. The van der Waals surface area contributed by atoms with E-state index < -0.39 is 27.0 Å². The van der Waals surface area contributed by atoms with Crippen LogP contribution < -0.4 is 10.6 Å². The Morgan fingerprint density at radius 3 is 2.15 bits per heavy atom. The number of hydrogen-bond acceptors (Lipinski definition) is 4. The fourth-order valence-corrected chi connectivity index (χ4v) is 3.52. The van der Waals surface area contributed by atoms with Gasteiger partial charge in [0, 0.05) is 5.54 Å². The zero-order chi connectivity index (χ0) is 20.2. The van der Waals surface area contributed by atoms with E-state index in [1.807, 2.05) is 27.7 Å². The van der Waals surface area contributed by atoms with Gasteiger partial charge in [-0.3, -0.25) is 9.59 Å². The second kappa shape index (κ2) is 7.92. The fraction of sp³-hybridized carbons (Fsp3) is 0.300. The minimum absolute atomic E-state index is 0.0852. The number of sulfone groups is 1. The lowest BCUT2D eigenvalue weighted by Crippen LogP contribution is -2.41. The summed E-state index contributed by atoms with van der Waals surface area (Å²) >= 11 is 0. The van der Waals surface area contributed by atoms with Crippen LogP contribution in [0.4, 0.5) is 5.69 Å². The summed E-state index contributed by atoms with van der Waals surface area (Å²) in [6.07, 6.45) is 0. The lowest BCUT2D eigenvalue weighted by atomic mass is 10.1. The Kier molecular flexibility index (Phi) is 6.05. The second-order valence-electron chi connectivity index (χ2n) is 7.37. The van der Waals surface area contributed by atoms with Crippen LogP contribution in [-0.2, 0) is 14.6 Å². The van der Waals surface area contributed by atoms with Crippen LogP contribution in [-0.4, -0.2) is 31.5 Å². The highest BCUT2D eigenvalue weighted by atomic mass is 32.2. The predicted molar refractivity (Wildman–Crippen MR) is 106 cm³/mol. The Morgan fingerprint density at radius 1 is 0.963 bits per heavy atom. The molecule has 0 spiro atoms. The molecule has 27 heavy (non-hydrogen) atoms. The van der Waals surface area contributed by atoms with E-state index in [-0.39, 0.29) is 22.1 Å². The summed E-state index contributed by atoms with van der Waals surface area (Å²) in [7, 11) is -3.77. The molecule has 0 aliphatic carbocycles. The highest BCUT2D eigenvalue weighted by Gasteiger charge is 2.22. The summed E-state index contributed by atoms with van der Waals surface area (Å²) in [5.41, 5.74) is 1.03. The molecule has 0 aliphatic rings. The van der Waals surface area contributed by atoms with E-state index in [1.54, 1.807) is 36.4 Å². The number of anilines is 1. The van der Waals surface area contributed by atoms with Gasteiger partial charge in [-0.05, 0) is 52.0 Å². The molecule has 0 heterocycles. The lowest BCUT2D eigenvalue weighted by molar-refractivity contribution is -0.113. The van der Waals surface area contributed by atoms with Gasteiger partial charge in [0.1, 0.15) is 5.75 Å². The summed E-state index contributed by atoms with van der Waals surface area (Å²) in [4.78, 5) is 24.8. The third-order valence-corrected chi connectivity index (χ3v) is 5.27. The normalized spacial score (nSPS) is 11.7. The number of amides is 2. The van der Waals surface area contributed by atoms with Gasteiger partial charge in [0.05, 0.1) is 16.1 Å². The minimum Gasteiger partial charge on any atom is -0.347 e. The van der Waals surface area contributed by atoms with E-state index in [0.717, 1.165) is 5.56 Å². The molecule has 0 saturated carbocycles. The smallest absolute Gasteiger partial charge is 0.253 e. The van der Waals surface area contributed by atoms with Crippen LogP contribution in [0, 0.1) is 6.92 Å². The van der Waals surface area contributed by atoms with Gasteiger partial charge in [-0.2, -0.15) is 0 Å². The number of rotatable bonds is 5. The molecule has 0 radical (unpaired) electrons. The van der Waals surface area contributed by atoms with E-state index in [4.69, 9.17) is 0 Å². The molecular formula is C20H24N2O4S. The topological polar surface area (TPSA) is 92.3 Å². The van der Waals surface area contributed by atoms with Crippen molar-refractivity contribution in [2.45, 2.75) is 38.1 Å². The van der Waals surface area contributed by atoms with Gasteiger partial charge in [0.2, 0.25) is 5.91 Å². The van der Waals surface area contributed by atoms with Crippen molar-refractivity contribution in [2.75, 3.05) is 11.1 Å². The molecule has 0 aliphatic heterocycles. The fourth-order valence-electron chi connectivity index (χ4n) is 2.39. The summed E-state index contributed by atoms with van der Waals surface area (Å²) < 4.78 is 24.8. The van der Waals surface area contributed by atoms with Crippen molar-refractivity contribution in [2.24, 2.45) is 0 Å². The number of carbonyl (C=O) groups excluding carboxylic acids is 2. The Labute approximate surface area is 159 Å². The number of benzene rings is 2. The van der Waals surface area contributed by atoms with Crippen molar-refractivity contribution >= 4 is 27.3 Å². The van der Waals surface area contributed by atoms with E-state index in [1.165, 1.54) is 12.1 Å². The van der Waals surface area contributed by atoms with E-state index in [2.05, 4.69) is 10.6 Å². The molecule has 0 aromatic heterocycles. The van der Waals surface area contributed by atoms with Crippen molar-refractivity contribution in [3.8, 4) is 0 Å². The Balaban J connectivity index is 2.16. The minimum atomic E-state index is -3.77. The number of nitrogens with one attached hydrogen (secondary N) is 2. The molecular weight excluding hydrogens is 364 g/mol. The zero-order valence-corrected chi connectivity index (χ0v) is 16.7. The average molecular weight is 388 g/mol. The molecule has 0 bridgehead atoms. The Morgan fingerprint density at radius 2 is 1.56 bits per heavy atom. The zero-order valence-electron chi connectivity index (χ0n) is 15.9. The molecule has 0 atom stereocenters. The molecule has 2 amide bonds. The molecule has 144 valence electrons. The maximum Gasteiger partial charge on any atom is 0.253 e. The first-order valence-corrected chi connectivity index (χ1v) is 10.1. The summed E-state index contributed by atoms with van der Waals surface area (Å²) in [6, 6.07) is 12.8. The lowest BCUT2D eigenvalue weighted by Gasteiger charge is -2.21. The second-order valence-corrected chi connectivity index (χ2v) is 9.36. The number of para-hydroxylation sites is 1. The van der Waals surface area contributed by atoms with Crippen molar-refractivity contribution in [3.63, 3.8) is 0 Å². The van der Waals surface area contributed by atoms with Gasteiger partial charge in [0.25, 0.3) is 5.91 Å². The number of aryl methyl sites for hydroxylation is 1. The van der Waals surface area contributed by atoms with Gasteiger partial charge in [-0.1, -0.05) is 29.8 Å². The number of carbonyl (C=O) groups is 2. The summed E-state index contributed by atoms with van der Waals surface area (Å²) in [5, 5.41) is 5.36. The first-order chi connectivity index (χ1) is 12.5. The molecule has 2 N–H and O–H groups in total. The van der Waals surface area contributed by atoms with Crippen molar-refractivity contribution in [1.82, 2.24) is 5.32 Å². The third kappa shape index (κ3) is 5.92. The van der Waals surface area contributed by atoms with Gasteiger partial charge >= 0.3 is 0 Å². The first kappa shape index (κ1) is 20.6. The monoisotopic (exact) mass is 388 g/mol. The van der Waals surface area contributed by atoms with E-state index >= 15 is 0 Å². The van der Waals surface area contributed by atoms with Crippen LogP contribution in [0.2, 0.25) is 0 Å². The predicted octanol–water partition coefficient (Wildman–Crippen LogP) is 2.94. The standard InChI is InChI=1S/C20H24N2O4S/c1-14-9-11-15(12-10-14)27(25,26)13-18(23)21-17-8-6-5-7-16(17)19(24)22-20(2,3)4/h5-12H,13H2,1-4H3,(H,21,23)(H,22,24). The highest BCUT2D eigenvalue weighted by Crippen LogP contribution is 2.18. The molecule has 0 unspecified atom stereocenters.